The first-order valence-corrected chi connectivity index (χ1v) is 6.58. The molecule has 1 aromatic carbocycles. The van der Waals surface area contributed by atoms with E-state index >= 15 is 0 Å². The molecule has 1 N–H and O–H groups in total. The highest BCUT2D eigenvalue weighted by Crippen LogP contribution is 2.27. The highest BCUT2D eigenvalue weighted by molar-refractivity contribution is 5.31. The smallest absolute Gasteiger partial charge is 0.211 e. The minimum Gasteiger partial charge on any atom is -0.444 e. The van der Waals surface area contributed by atoms with Crippen molar-refractivity contribution in [3.8, 4) is 0 Å². The van der Waals surface area contributed by atoms with Crippen LogP contribution in [0.4, 0.5) is 0 Å². The minimum atomic E-state index is 0.0634. The summed E-state index contributed by atoms with van der Waals surface area (Å²) in [4.78, 5) is 4.27. The van der Waals surface area contributed by atoms with Crippen LogP contribution in [0.3, 0.4) is 0 Å². The van der Waals surface area contributed by atoms with Gasteiger partial charge < -0.3 is 9.15 Å². The summed E-state index contributed by atoms with van der Waals surface area (Å²) in [6, 6.07) is 8.64. The standard InChI is InChI=1S/C15H18N2O2/c1-10-7-16-15(19-10)11(2)17-14-9-18-8-12-5-3-4-6-13(12)14/h3-7,11,14,17H,8-9H2,1-2H3. The summed E-state index contributed by atoms with van der Waals surface area (Å²) in [6.07, 6.45) is 1.75. The third-order valence-electron chi connectivity index (χ3n) is 3.43. The lowest BCUT2D eigenvalue weighted by atomic mass is 9.98. The Morgan fingerprint density at radius 1 is 1.37 bits per heavy atom. The molecule has 0 fully saturated rings. The van der Waals surface area contributed by atoms with Crippen LogP contribution in [-0.4, -0.2) is 11.6 Å². The quantitative estimate of drug-likeness (QED) is 0.919. The molecule has 1 aromatic heterocycles. The van der Waals surface area contributed by atoms with Crippen LogP contribution in [0.2, 0.25) is 0 Å². The van der Waals surface area contributed by atoms with Gasteiger partial charge in [0.15, 0.2) is 0 Å². The molecule has 1 aliphatic heterocycles. The zero-order valence-corrected chi connectivity index (χ0v) is 11.2. The number of nitrogens with zero attached hydrogens (tertiary/aromatic N) is 1. The fourth-order valence-corrected chi connectivity index (χ4v) is 2.47. The Morgan fingerprint density at radius 3 is 3.00 bits per heavy atom. The van der Waals surface area contributed by atoms with Gasteiger partial charge in [0.1, 0.15) is 5.76 Å². The third kappa shape index (κ3) is 2.55. The molecule has 0 saturated carbocycles. The van der Waals surface area contributed by atoms with Crippen molar-refractivity contribution in [2.24, 2.45) is 0 Å². The Labute approximate surface area is 112 Å². The van der Waals surface area contributed by atoms with Gasteiger partial charge in [0, 0.05) is 0 Å². The number of aromatic nitrogens is 1. The van der Waals surface area contributed by atoms with Gasteiger partial charge in [-0.05, 0) is 25.0 Å². The van der Waals surface area contributed by atoms with Gasteiger partial charge in [-0.3, -0.25) is 5.32 Å². The van der Waals surface area contributed by atoms with Crippen molar-refractivity contribution < 1.29 is 9.15 Å². The molecule has 2 heterocycles. The van der Waals surface area contributed by atoms with Crippen LogP contribution in [0, 0.1) is 6.92 Å². The van der Waals surface area contributed by atoms with Crippen molar-refractivity contribution in [2.75, 3.05) is 6.61 Å². The van der Waals surface area contributed by atoms with Crippen LogP contribution in [0.15, 0.2) is 34.9 Å². The van der Waals surface area contributed by atoms with Crippen molar-refractivity contribution in [3.05, 3.63) is 53.2 Å². The Morgan fingerprint density at radius 2 is 2.21 bits per heavy atom. The van der Waals surface area contributed by atoms with Crippen molar-refractivity contribution in [1.29, 1.82) is 0 Å². The molecule has 4 heteroatoms. The zero-order chi connectivity index (χ0) is 13.2. The molecule has 1 aliphatic rings. The van der Waals surface area contributed by atoms with Crippen LogP contribution in [0.25, 0.3) is 0 Å². The first-order valence-electron chi connectivity index (χ1n) is 6.58. The van der Waals surface area contributed by atoms with E-state index in [1.54, 1.807) is 6.20 Å². The highest BCUT2D eigenvalue weighted by atomic mass is 16.5. The van der Waals surface area contributed by atoms with Gasteiger partial charge in [-0.15, -0.1) is 0 Å². The normalized spacial score (nSPS) is 20.0. The van der Waals surface area contributed by atoms with E-state index in [4.69, 9.17) is 9.15 Å². The van der Waals surface area contributed by atoms with Crippen molar-refractivity contribution >= 4 is 0 Å². The largest absolute Gasteiger partial charge is 0.444 e. The number of ether oxygens (including phenoxy) is 1. The van der Waals surface area contributed by atoms with E-state index in [0.717, 1.165) is 11.7 Å². The predicted octanol–water partition coefficient (Wildman–Crippen LogP) is 2.91. The molecule has 0 saturated heterocycles. The minimum absolute atomic E-state index is 0.0634. The van der Waals surface area contributed by atoms with Gasteiger partial charge in [0.05, 0.1) is 31.5 Å². The SMILES string of the molecule is Cc1cnc(C(C)NC2COCc3ccccc32)o1. The van der Waals surface area contributed by atoms with Gasteiger partial charge >= 0.3 is 0 Å². The van der Waals surface area contributed by atoms with E-state index in [2.05, 4.69) is 35.4 Å². The molecule has 4 nitrogen and oxygen atoms in total. The number of rotatable bonds is 3. The first kappa shape index (κ1) is 12.4. The molecule has 19 heavy (non-hydrogen) atoms. The molecule has 2 unspecified atom stereocenters. The lowest BCUT2D eigenvalue weighted by Crippen LogP contribution is -2.31. The number of benzene rings is 1. The van der Waals surface area contributed by atoms with E-state index in [9.17, 15) is 0 Å². The van der Waals surface area contributed by atoms with Gasteiger partial charge in [-0.1, -0.05) is 24.3 Å². The number of fused-ring (bicyclic) bond motifs is 1. The number of hydrogen-bond donors (Lipinski definition) is 1. The zero-order valence-electron chi connectivity index (χ0n) is 11.2. The van der Waals surface area contributed by atoms with E-state index in [-0.39, 0.29) is 12.1 Å². The Hall–Kier alpha value is -1.65. The van der Waals surface area contributed by atoms with E-state index < -0.39 is 0 Å². The van der Waals surface area contributed by atoms with Crippen LogP contribution in [0.1, 0.15) is 41.8 Å². The van der Waals surface area contributed by atoms with Gasteiger partial charge in [0.25, 0.3) is 0 Å². The summed E-state index contributed by atoms with van der Waals surface area (Å²) in [7, 11) is 0. The molecule has 0 spiro atoms. The Bertz CT molecular complexity index is 565. The maximum absolute atomic E-state index is 5.64. The topological polar surface area (TPSA) is 47.3 Å². The molecule has 0 amide bonds. The van der Waals surface area contributed by atoms with Gasteiger partial charge in [0.2, 0.25) is 5.89 Å². The lowest BCUT2D eigenvalue weighted by molar-refractivity contribution is 0.0779. The molecule has 0 radical (unpaired) electrons. The predicted molar refractivity (Wildman–Crippen MR) is 71.6 cm³/mol. The fraction of sp³-hybridized carbons (Fsp3) is 0.400. The Kier molecular flexibility index (Phi) is 3.36. The van der Waals surface area contributed by atoms with Gasteiger partial charge in [-0.2, -0.15) is 0 Å². The second-order valence-corrected chi connectivity index (χ2v) is 4.96. The Balaban J connectivity index is 1.77. The molecule has 0 bridgehead atoms. The maximum atomic E-state index is 5.64. The van der Waals surface area contributed by atoms with Crippen LogP contribution < -0.4 is 5.32 Å². The first-order chi connectivity index (χ1) is 9.24. The van der Waals surface area contributed by atoms with E-state index in [1.165, 1.54) is 11.1 Å². The molecular weight excluding hydrogens is 240 g/mol. The third-order valence-corrected chi connectivity index (χ3v) is 3.43. The monoisotopic (exact) mass is 258 g/mol. The number of hydrogen-bond acceptors (Lipinski definition) is 4. The van der Waals surface area contributed by atoms with Crippen LogP contribution in [0.5, 0.6) is 0 Å². The summed E-state index contributed by atoms with van der Waals surface area (Å²) < 4.78 is 11.2. The molecule has 0 aliphatic carbocycles. The summed E-state index contributed by atoms with van der Waals surface area (Å²) in [5, 5.41) is 3.52. The second kappa shape index (κ2) is 5.15. The average Bonchev–Trinajstić information content (AvgIpc) is 2.86. The van der Waals surface area contributed by atoms with Crippen molar-refractivity contribution in [3.63, 3.8) is 0 Å². The molecule has 100 valence electrons. The summed E-state index contributed by atoms with van der Waals surface area (Å²) in [5.41, 5.74) is 2.56. The molecule has 2 aromatic rings. The van der Waals surface area contributed by atoms with Crippen molar-refractivity contribution in [2.45, 2.75) is 32.5 Å². The fourth-order valence-electron chi connectivity index (χ4n) is 2.47. The highest BCUT2D eigenvalue weighted by Gasteiger charge is 2.23. The summed E-state index contributed by atoms with van der Waals surface area (Å²) in [6.45, 7) is 5.34. The lowest BCUT2D eigenvalue weighted by Gasteiger charge is -2.28. The van der Waals surface area contributed by atoms with E-state index in [0.29, 0.717) is 13.2 Å². The van der Waals surface area contributed by atoms with E-state index in [1.807, 2.05) is 13.0 Å². The number of aryl methyl sites for hydroxylation is 1. The summed E-state index contributed by atoms with van der Waals surface area (Å²) in [5.74, 6) is 1.56. The number of nitrogens with one attached hydrogen (secondary N) is 1. The van der Waals surface area contributed by atoms with Crippen molar-refractivity contribution in [1.82, 2.24) is 10.3 Å². The maximum Gasteiger partial charge on any atom is 0.211 e. The summed E-state index contributed by atoms with van der Waals surface area (Å²) >= 11 is 0. The number of oxazole rings is 1. The van der Waals surface area contributed by atoms with Crippen LogP contribution in [-0.2, 0) is 11.3 Å². The average molecular weight is 258 g/mol. The second-order valence-electron chi connectivity index (χ2n) is 4.96. The molecular formula is C15H18N2O2. The molecule has 3 rings (SSSR count). The molecule has 2 atom stereocenters. The van der Waals surface area contributed by atoms with Crippen LogP contribution >= 0.6 is 0 Å². The van der Waals surface area contributed by atoms with Gasteiger partial charge in [-0.25, -0.2) is 4.98 Å².